The predicted molar refractivity (Wildman–Crippen MR) is 78.4 cm³/mol. The Morgan fingerprint density at radius 1 is 1.21 bits per heavy atom. The fourth-order valence-corrected chi connectivity index (χ4v) is 3.65. The molecular weight excluding hydrogens is 238 g/mol. The third-order valence-corrected chi connectivity index (χ3v) is 4.58. The smallest absolute Gasteiger partial charge is 0.0726 e. The number of nitrogens with one attached hydrogen (secondary N) is 1. The van der Waals surface area contributed by atoms with Crippen molar-refractivity contribution >= 4 is 0 Å². The molecule has 0 radical (unpaired) electrons. The molecule has 2 fully saturated rings. The lowest BCUT2D eigenvalue weighted by molar-refractivity contribution is -0.00000590. The molecule has 3 heteroatoms. The van der Waals surface area contributed by atoms with E-state index in [0.29, 0.717) is 18.2 Å². The molecule has 4 atom stereocenters. The highest BCUT2D eigenvalue weighted by Crippen LogP contribution is 2.30. The Balaban J connectivity index is 1.56. The molecule has 0 amide bonds. The van der Waals surface area contributed by atoms with Crippen molar-refractivity contribution in [1.82, 2.24) is 5.32 Å². The van der Waals surface area contributed by atoms with Gasteiger partial charge in [0.15, 0.2) is 0 Å². The quantitative estimate of drug-likeness (QED) is 0.752. The van der Waals surface area contributed by atoms with Crippen LogP contribution in [0.2, 0.25) is 0 Å². The van der Waals surface area contributed by atoms with Gasteiger partial charge in [-0.3, -0.25) is 0 Å². The molecule has 2 rings (SSSR count). The zero-order chi connectivity index (χ0) is 13.7. The van der Waals surface area contributed by atoms with Crippen molar-refractivity contribution in [2.24, 2.45) is 11.8 Å². The maximum atomic E-state index is 6.03. The second-order valence-electron chi connectivity index (χ2n) is 6.70. The predicted octanol–water partition coefficient (Wildman–Crippen LogP) is 2.98. The van der Waals surface area contributed by atoms with Gasteiger partial charge in [0.1, 0.15) is 0 Å². The Bertz CT molecular complexity index is 243. The average Bonchev–Trinajstić information content (AvgIpc) is 2.87. The largest absolute Gasteiger partial charge is 0.377 e. The molecule has 1 N–H and O–H groups in total. The highest BCUT2D eigenvalue weighted by molar-refractivity contribution is 4.77. The van der Waals surface area contributed by atoms with Crippen LogP contribution in [0.25, 0.3) is 0 Å². The van der Waals surface area contributed by atoms with E-state index in [1.165, 1.54) is 32.1 Å². The van der Waals surface area contributed by atoms with Crippen LogP contribution in [0.5, 0.6) is 0 Å². The highest BCUT2D eigenvalue weighted by atomic mass is 16.5. The van der Waals surface area contributed by atoms with Gasteiger partial charge in [0.05, 0.1) is 18.8 Å². The van der Waals surface area contributed by atoms with E-state index in [4.69, 9.17) is 9.47 Å². The zero-order valence-electron chi connectivity index (χ0n) is 12.9. The molecule has 19 heavy (non-hydrogen) atoms. The Morgan fingerprint density at radius 2 is 1.95 bits per heavy atom. The van der Waals surface area contributed by atoms with Gasteiger partial charge >= 0.3 is 0 Å². The monoisotopic (exact) mass is 269 g/mol. The second-order valence-corrected chi connectivity index (χ2v) is 6.70. The lowest BCUT2D eigenvalue weighted by Crippen LogP contribution is -2.39. The van der Waals surface area contributed by atoms with Crippen LogP contribution >= 0.6 is 0 Å². The molecule has 0 aromatic heterocycles. The third-order valence-electron chi connectivity index (χ3n) is 4.58. The first-order chi connectivity index (χ1) is 9.15. The van der Waals surface area contributed by atoms with Gasteiger partial charge < -0.3 is 14.8 Å². The van der Waals surface area contributed by atoms with E-state index in [-0.39, 0.29) is 0 Å². The van der Waals surface area contributed by atoms with Gasteiger partial charge in [-0.05, 0) is 50.9 Å². The van der Waals surface area contributed by atoms with Crippen LogP contribution in [-0.2, 0) is 9.47 Å². The minimum atomic E-state index is 0.412. The minimum Gasteiger partial charge on any atom is -0.377 e. The van der Waals surface area contributed by atoms with Crippen molar-refractivity contribution in [1.29, 1.82) is 0 Å². The summed E-state index contributed by atoms with van der Waals surface area (Å²) in [6.45, 7) is 9.64. The molecule has 2 aliphatic rings. The van der Waals surface area contributed by atoms with Crippen molar-refractivity contribution in [3.8, 4) is 0 Å². The summed E-state index contributed by atoms with van der Waals surface area (Å²) in [5, 5.41) is 3.54. The standard InChI is InChI=1S/C16H31NO2/c1-12-9-13(2)11-15(10-12)18-8-6-17-14(3)16-5-4-7-19-16/h12-17H,4-11H2,1-3H3. The van der Waals surface area contributed by atoms with Crippen molar-refractivity contribution in [2.75, 3.05) is 19.8 Å². The number of hydrogen-bond donors (Lipinski definition) is 1. The first-order valence-electron chi connectivity index (χ1n) is 8.11. The van der Waals surface area contributed by atoms with Crippen LogP contribution in [0.1, 0.15) is 52.9 Å². The fourth-order valence-electron chi connectivity index (χ4n) is 3.65. The van der Waals surface area contributed by atoms with E-state index in [1.54, 1.807) is 0 Å². The fraction of sp³-hybridized carbons (Fsp3) is 1.00. The van der Waals surface area contributed by atoms with Crippen molar-refractivity contribution in [3.05, 3.63) is 0 Å². The molecule has 1 saturated carbocycles. The summed E-state index contributed by atoms with van der Waals surface area (Å²) in [4.78, 5) is 0. The molecule has 0 aromatic carbocycles. The van der Waals surface area contributed by atoms with Gasteiger partial charge in [0.2, 0.25) is 0 Å². The third kappa shape index (κ3) is 5.05. The van der Waals surface area contributed by atoms with E-state index >= 15 is 0 Å². The zero-order valence-corrected chi connectivity index (χ0v) is 12.9. The van der Waals surface area contributed by atoms with Gasteiger partial charge in [-0.25, -0.2) is 0 Å². The van der Waals surface area contributed by atoms with E-state index in [0.717, 1.165) is 31.6 Å². The average molecular weight is 269 g/mol. The Hall–Kier alpha value is -0.120. The highest BCUT2D eigenvalue weighted by Gasteiger charge is 2.25. The summed E-state index contributed by atoms with van der Waals surface area (Å²) in [6, 6.07) is 0.454. The molecular formula is C16H31NO2. The van der Waals surface area contributed by atoms with E-state index < -0.39 is 0 Å². The maximum Gasteiger partial charge on any atom is 0.0726 e. The molecule has 0 spiro atoms. The summed E-state index contributed by atoms with van der Waals surface area (Å²) in [5.41, 5.74) is 0. The minimum absolute atomic E-state index is 0.412. The van der Waals surface area contributed by atoms with Crippen LogP contribution in [0.3, 0.4) is 0 Å². The number of rotatable bonds is 6. The van der Waals surface area contributed by atoms with Gasteiger partial charge in [-0.1, -0.05) is 13.8 Å². The summed E-state index contributed by atoms with van der Waals surface area (Å²) in [5.74, 6) is 1.65. The topological polar surface area (TPSA) is 30.5 Å². The van der Waals surface area contributed by atoms with Crippen LogP contribution in [0, 0.1) is 11.8 Å². The first-order valence-corrected chi connectivity index (χ1v) is 8.11. The molecule has 0 bridgehead atoms. The van der Waals surface area contributed by atoms with Gasteiger partial charge in [-0.15, -0.1) is 0 Å². The molecule has 1 aliphatic carbocycles. The summed E-state index contributed by atoms with van der Waals surface area (Å²) < 4.78 is 11.7. The van der Waals surface area contributed by atoms with E-state index in [1.807, 2.05) is 0 Å². The molecule has 1 aliphatic heterocycles. The van der Waals surface area contributed by atoms with Gasteiger partial charge in [0, 0.05) is 19.2 Å². The lowest BCUT2D eigenvalue weighted by Gasteiger charge is -2.31. The van der Waals surface area contributed by atoms with E-state index in [9.17, 15) is 0 Å². The molecule has 1 saturated heterocycles. The van der Waals surface area contributed by atoms with Crippen LogP contribution in [-0.4, -0.2) is 38.0 Å². The van der Waals surface area contributed by atoms with Crippen molar-refractivity contribution in [3.63, 3.8) is 0 Å². The summed E-state index contributed by atoms with van der Waals surface area (Å²) in [7, 11) is 0. The molecule has 4 unspecified atom stereocenters. The van der Waals surface area contributed by atoms with E-state index in [2.05, 4.69) is 26.1 Å². The number of ether oxygens (including phenoxy) is 2. The molecule has 3 nitrogen and oxygen atoms in total. The van der Waals surface area contributed by atoms with Crippen LogP contribution < -0.4 is 5.32 Å². The van der Waals surface area contributed by atoms with Crippen LogP contribution in [0.15, 0.2) is 0 Å². The Morgan fingerprint density at radius 3 is 2.58 bits per heavy atom. The maximum absolute atomic E-state index is 6.03. The molecule has 112 valence electrons. The Labute approximate surface area is 118 Å². The Kier molecular flexibility index (Phi) is 6.11. The SMILES string of the molecule is CC1CC(C)CC(OCCNC(C)C2CCCO2)C1. The second kappa shape index (κ2) is 7.61. The molecule has 0 aromatic rings. The summed E-state index contributed by atoms with van der Waals surface area (Å²) >= 11 is 0. The molecule has 1 heterocycles. The van der Waals surface area contributed by atoms with Gasteiger partial charge in [0.25, 0.3) is 0 Å². The van der Waals surface area contributed by atoms with Gasteiger partial charge in [-0.2, -0.15) is 0 Å². The normalized spacial score (nSPS) is 37.4. The van der Waals surface area contributed by atoms with Crippen molar-refractivity contribution in [2.45, 2.75) is 71.1 Å². The van der Waals surface area contributed by atoms with Crippen LogP contribution in [0.4, 0.5) is 0 Å². The van der Waals surface area contributed by atoms with Crippen molar-refractivity contribution < 1.29 is 9.47 Å². The summed E-state index contributed by atoms with van der Waals surface area (Å²) in [6.07, 6.45) is 7.16. The first kappa shape index (κ1) is 15.3. The number of hydrogen-bond acceptors (Lipinski definition) is 3. The lowest BCUT2D eigenvalue weighted by atomic mass is 9.82.